The van der Waals surface area contributed by atoms with Gasteiger partial charge in [0.05, 0.1) is 6.21 Å². The number of aryl methyl sites for hydroxylation is 1. The van der Waals surface area contributed by atoms with Crippen LogP contribution in [-0.4, -0.2) is 18.2 Å². The maximum atomic E-state index is 12.0. The molecule has 1 amide bonds. The summed E-state index contributed by atoms with van der Waals surface area (Å²) >= 11 is 5.88. The minimum absolute atomic E-state index is 0.207. The topological polar surface area (TPSA) is 53.5 Å². The number of nitrogens with zero attached hydrogens (tertiary/aromatic N) is 1. The predicted molar refractivity (Wildman–Crippen MR) is 91.5 cm³/mol. The molecule has 0 radical (unpaired) electrons. The quantitative estimate of drug-likeness (QED) is 0.654. The highest BCUT2D eigenvalue weighted by Gasteiger charge is 2.12. The van der Waals surface area contributed by atoms with E-state index >= 15 is 0 Å². The number of nitrogens with one attached hydrogen (secondary N) is 2. The fourth-order valence-electron chi connectivity index (χ4n) is 1.89. The van der Waals surface area contributed by atoms with Crippen molar-refractivity contribution in [3.8, 4) is 0 Å². The van der Waals surface area contributed by atoms with Crippen molar-refractivity contribution >= 4 is 29.4 Å². The van der Waals surface area contributed by atoms with E-state index < -0.39 is 6.04 Å². The van der Waals surface area contributed by atoms with Crippen LogP contribution < -0.4 is 10.7 Å². The summed E-state index contributed by atoms with van der Waals surface area (Å²) in [6.07, 6.45) is 1.56. The van der Waals surface area contributed by atoms with Gasteiger partial charge in [0.15, 0.2) is 0 Å². The SMILES string of the molecule is Cc1ccccc1N[C@@H](C)C(=O)NN=Cc1cccc(Cl)c1. The van der Waals surface area contributed by atoms with Crippen molar-refractivity contribution in [3.63, 3.8) is 0 Å². The normalized spacial score (nSPS) is 12.1. The number of para-hydroxylation sites is 1. The highest BCUT2D eigenvalue weighted by Crippen LogP contribution is 2.14. The van der Waals surface area contributed by atoms with E-state index in [4.69, 9.17) is 11.6 Å². The third-order valence-corrected chi connectivity index (χ3v) is 3.38. The average molecular weight is 316 g/mol. The molecule has 1 atom stereocenters. The van der Waals surface area contributed by atoms with Crippen LogP contribution in [0, 0.1) is 6.92 Å². The van der Waals surface area contributed by atoms with E-state index in [1.54, 1.807) is 25.3 Å². The van der Waals surface area contributed by atoms with E-state index in [0.717, 1.165) is 16.8 Å². The lowest BCUT2D eigenvalue weighted by Crippen LogP contribution is -2.35. The fourth-order valence-corrected chi connectivity index (χ4v) is 2.09. The van der Waals surface area contributed by atoms with Gasteiger partial charge in [-0.3, -0.25) is 4.79 Å². The van der Waals surface area contributed by atoms with Crippen molar-refractivity contribution in [1.29, 1.82) is 0 Å². The molecular weight excluding hydrogens is 298 g/mol. The Labute approximate surface area is 135 Å². The first-order chi connectivity index (χ1) is 10.6. The molecule has 0 aliphatic carbocycles. The van der Waals surface area contributed by atoms with Gasteiger partial charge in [-0.2, -0.15) is 5.10 Å². The Morgan fingerprint density at radius 2 is 2.00 bits per heavy atom. The molecule has 2 N–H and O–H groups in total. The minimum atomic E-state index is -0.391. The summed E-state index contributed by atoms with van der Waals surface area (Å²) in [5.41, 5.74) is 5.36. The standard InChI is InChI=1S/C17H18ClN3O/c1-12-6-3-4-9-16(12)20-13(2)17(22)21-19-11-14-7-5-8-15(18)10-14/h3-11,13,20H,1-2H3,(H,21,22)/t13-/m0/s1. The Morgan fingerprint density at radius 3 is 2.73 bits per heavy atom. The molecule has 22 heavy (non-hydrogen) atoms. The molecule has 114 valence electrons. The molecule has 0 aromatic heterocycles. The van der Waals surface area contributed by atoms with E-state index in [9.17, 15) is 4.79 Å². The molecule has 0 fully saturated rings. The van der Waals surface area contributed by atoms with Crippen LogP contribution in [0.1, 0.15) is 18.1 Å². The number of halogens is 1. The van der Waals surface area contributed by atoms with Gasteiger partial charge in [0.1, 0.15) is 6.04 Å². The van der Waals surface area contributed by atoms with Crippen molar-refractivity contribution in [2.75, 3.05) is 5.32 Å². The highest BCUT2D eigenvalue weighted by molar-refractivity contribution is 6.30. The Balaban J connectivity index is 1.90. The van der Waals surface area contributed by atoms with Gasteiger partial charge in [-0.25, -0.2) is 5.43 Å². The smallest absolute Gasteiger partial charge is 0.262 e. The van der Waals surface area contributed by atoms with E-state index in [1.165, 1.54) is 0 Å². The zero-order valence-corrected chi connectivity index (χ0v) is 13.3. The lowest BCUT2D eigenvalue weighted by Gasteiger charge is -2.15. The Bertz CT molecular complexity index is 685. The number of hydrogen-bond acceptors (Lipinski definition) is 3. The first-order valence-corrected chi connectivity index (χ1v) is 7.34. The van der Waals surface area contributed by atoms with Gasteiger partial charge >= 0.3 is 0 Å². The van der Waals surface area contributed by atoms with Gasteiger partial charge in [-0.1, -0.05) is 41.9 Å². The van der Waals surface area contributed by atoms with E-state index in [-0.39, 0.29) is 5.91 Å². The summed E-state index contributed by atoms with van der Waals surface area (Å²) in [5, 5.41) is 7.73. The maximum Gasteiger partial charge on any atom is 0.262 e. The molecule has 0 unspecified atom stereocenters. The third kappa shape index (κ3) is 4.60. The van der Waals surface area contributed by atoms with Crippen molar-refractivity contribution < 1.29 is 4.79 Å². The average Bonchev–Trinajstić information content (AvgIpc) is 2.49. The summed E-state index contributed by atoms with van der Waals surface area (Å²) in [5.74, 6) is -0.207. The molecule has 4 nitrogen and oxygen atoms in total. The number of rotatable bonds is 5. The van der Waals surface area contributed by atoms with E-state index in [1.807, 2.05) is 43.3 Å². The molecule has 0 aliphatic heterocycles. The first-order valence-electron chi connectivity index (χ1n) is 6.97. The molecule has 5 heteroatoms. The minimum Gasteiger partial charge on any atom is -0.374 e. The van der Waals surface area contributed by atoms with Gasteiger partial charge in [0.25, 0.3) is 5.91 Å². The second-order valence-corrected chi connectivity index (χ2v) is 5.41. The van der Waals surface area contributed by atoms with Crippen LogP contribution in [-0.2, 0) is 4.79 Å². The van der Waals surface area contributed by atoms with E-state index in [0.29, 0.717) is 5.02 Å². The van der Waals surface area contributed by atoms with Crippen molar-refractivity contribution in [1.82, 2.24) is 5.43 Å². The molecule has 0 heterocycles. The summed E-state index contributed by atoms with van der Waals surface area (Å²) in [6.45, 7) is 3.78. The number of anilines is 1. The monoisotopic (exact) mass is 315 g/mol. The van der Waals surface area contributed by atoms with Crippen LogP contribution in [0.4, 0.5) is 5.69 Å². The molecule has 2 aromatic rings. The van der Waals surface area contributed by atoms with E-state index in [2.05, 4.69) is 15.8 Å². The zero-order chi connectivity index (χ0) is 15.9. The van der Waals surface area contributed by atoms with Crippen LogP contribution in [0.15, 0.2) is 53.6 Å². The van der Waals surface area contributed by atoms with Gasteiger partial charge in [0, 0.05) is 10.7 Å². The summed E-state index contributed by atoms with van der Waals surface area (Å²) in [6, 6.07) is 14.7. The second-order valence-electron chi connectivity index (χ2n) is 4.97. The summed E-state index contributed by atoms with van der Waals surface area (Å²) in [4.78, 5) is 12.0. The number of carbonyl (C=O) groups is 1. The second kappa shape index (κ2) is 7.61. The number of carbonyl (C=O) groups excluding carboxylic acids is 1. The van der Waals surface area contributed by atoms with Crippen LogP contribution in [0.5, 0.6) is 0 Å². The van der Waals surface area contributed by atoms with Gasteiger partial charge in [-0.15, -0.1) is 0 Å². The number of benzene rings is 2. The maximum absolute atomic E-state index is 12.0. The first kappa shape index (κ1) is 16.0. The predicted octanol–water partition coefficient (Wildman–Crippen LogP) is 3.60. The van der Waals surface area contributed by atoms with Gasteiger partial charge < -0.3 is 5.32 Å². The fraction of sp³-hybridized carbons (Fsp3) is 0.176. The largest absolute Gasteiger partial charge is 0.374 e. The Kier molecular flexibility index (Phi) is 5.55. The molecular formula is C17H18ClN3O. The number of hydrazone groups is 1. The van der Waals surface area contributed by atoms with Crippen LogP contribution in [0.25, 0.3) is 0 Å². The van der Waals surface area contributed by atoms with Gasteiger partial charge in [0.2, 0.25) is 0 Å². The lowest BCUT2D eigenvalue weighted by atomic mass is 10.2. The number of hydrogen-bond donors (Lipinski definition) is 2. The Morgan fingerprint density at radius 1 is 1.23 bits per heavy atom. The molecule has 0 saturated carbocycles. The molecule has 0 aliphatic rings. The third-order valence-electron chi connectivity index (χ3n) is 3.15. The highest BCUT2D eigenvalue weighted by atomic mass is 35.5. The Hall–Kier alpha value is -2.33. The van der Waals surface area contributed by atoms with Crippen molar-refractivity contribution in [3.05, 3.63) is 64.7 Å². The summed E-state index contributed by atoms with van der Waals surface area (Å²) < 4.78 is 0. The van der Waals surface area contributed by atoms with Crippen LogP contribution in [0.2, 0.25) is 5.02 Å². The number of amides is 1. The summed E-state index contributed by atoms with van der Waals surface area (Å²) in [7, 11) is 0. The molecule has 0 bridgehead atoms. The molecule has 0 spiro atoms. The molecule has 2 rings (SSSR count). The van der Waals surface area contributed by atoms with Crippen LogP contribution in [0.3, 0.4) is 0 Å². The van der Waals surface area contributed by atoms with Crippen LogP contribution >= 0.6 is 11.6 Å². The van der Waals surface area contributed by atoms with Gasteiger partial charge in [-0.05, 0) is 43.2 Å². The molecule has 0 saturated heterocycles. The lowest BCUT2D eigenvalue weighted by molar-refractivity contribution is -0.121. The van der Waals surface area contributed by atoms with Crippen molar-refractivity contribution in [2.45, 2.75) is 19.9 Å². The molecule has 2 aromatic carbocycles. The zero-order valence-electron chi connectivity index (χ0n) is 12.5. The van der Waals surface area contributed by atoms with Crippen molar-refractivity contribution in [2.24, 2.45) is 5.10 Å².